The molecule has 0 aliphatic carbocycles. The van der Waals surface area contributed by atoms with Crippen LogP contribution in [-0.4, -0.2) is 26.3 Å². The zero-order chi connectivity index (χ0) is 12.3. The molecule has 17 heavy (non-hydrogen) atoms. The summed E-state index contributed by atoms with van der Waals surface area (Å²) in [4.78, 5) is 0. The lowest BCUT2D eigenvalue weighted by molar-refractivity contribution is 0.300. The third kappa shape index (κ3) is 6.17. The monoisotopic (exact) mass is 237 g/mol. The summed E-state index contributed by atoms with van der Waals surface area (Å²) < 4.78 is 11.1. The highest BCUT2D eigenvalue weighted by molar-refractivity contribution is 5.32. The molecule has 1 aromatic rings. The van der Waals surface area contributed by atoms with Crippen molar-refractivity contribution in [2.75, 3.05) is 26.3 Å². The van der Waals surface area contributed by atoms with Crippen LogP contribution in [0, 0.1) is 0 Å². The van der Waals surface area contributed by atoms with Crippen LogP contribution in [0.5, 0.6) is 11.5 Å². The number of nitrogens with one attached hydrogen (secondary N) is 1. The smallest absolute Gasteiger partial charge is 0.122 e. The first kappa shape index (κ1) is 13.8. The normalized spacial score (nSPS) is 10.2. The van der Waals surface area contributed by atoms with Gasteiger partial charge in [-0.3, -0.25) is 0 Å². The van der Waals surface area contributed by atoms with E-state index in [1.54, 1.807) is 0 Å². The Morgan fingerprint density at radius 2 is 1.82 bits per heavy atom. The average molecular weight is 237 g/mol. The molecule has 0 spiro atoms. The van der Waals surface area contributed by atoms with Gasteiger partial charge in [0.2, 0.25) is 0 Å². The first-order valence-electron chi connectivity index (χ1n) is 6.43. The highest BCUT2D eigenvalue weighted by Gasteiger charge is 1.97. The fraction of sp³-hybridized carbons (Fsp3) is 0.571. The van der Waals surface area contributed by atoms with Gasteiger partial charge in [-0.05, 0) is 45.0 Å². The van der Waals surface area contributed by atoms with Crippen molar-refractivity contribution in [3.05, 3.63) is 24.3 Å². The summed E-state index contributed by atoms with van der Waals surface area (Å²) in [5.74, 6) is 1.76. The number of benzene rings is 1. The van der Waals surface area contributed by atoms with E-state index in [0.717, 1.165) is 44.0 Å². The molecule has 0 saturated heterocycles. The molecule has 0 atom stereocenters. The molecule has 0 heterocycles. The van der Waals surface area contributed by atoms with E-state index in [0.29, 0.717) is 6.61 Å². The second kappa shape index (κ2) is 8.88. The Bertz CT molecular complexity index is 302. The summed E-state index contributed by atoms with van der Waals surface area (Å²) in [6, 6.07) is 7.81. The number of hydrogen-bond donors (Lipinski definition) is 1. The number of unbranched alkanes of at least 4 members (excludes halogenated alkanes) is 1. The van der Waals surface area contributed by atoms with Crippen LogP contribution in [0.3, 0.4) is 0 Å². The Kier molecular flexibility index (Phi) is 7.23. The third-order valence-corrected chi connectivity index (χ3v) is 2.38. The highest BCUT2D eigenvalue weighted by atomic mass is 16.5. The number of hydrogen-bond acceptors (Lipinski definition) is 3. The van der Waals surface area contributed by atoms with Crippen molar-refractivity contribution in [2.45, 2.75) is 26.7 Å². The largest absolute Gasteiger partial charge is 0.494 e. The highest BCUT2D eigenvalue weighted by Crippen LogP contribution is 2.19. The molecule has 0 fully saturated rings. The maximum atomic E-state index is 5.67. The Morgan fingerprint density at radius 3 is 2.53 bits per heavy atom. The Balaban J connectivity index is 2.19. The minimum Gasteiger partial charge on any atom is -0.494 e. The first-order chi connectivity index (χ1) is 8.36. The zero-order valence-electron chi connectivity index (χ0n) is 10.9. The quantitative estimate of drug-likeness (QED) is 0.670. The molecule has 0 radical (unpaired) electrons. The van der Waals surface area contributed by atoms with Crippen molar-refractivity contribution >= 4 is 0 Å². The molecule has 1 aromatic carbocycles. The topological polar surface area (TPSA) is 30.5 Å². The van der Waals surface area contributed by atoms with Crippen molar-refractivity contribution in [2.24, 2.45) is 0 Å². The molecular weight excluding hydrogens is 214 g/mol. The van der Waals surface area contributed by atoms with E-state index in [2.05, 4.69) is 12.2 Å². The molecule has 1 N–H and O–H groups in total. The fourth-order valence-corrected chi connectivity index (χ4v) is 1.54. The van der Waals surface area contributed by atoms with Gasteiger partial charge >= 0.3 is 0 Å². The van der Waals surface area contributed by atoms with Crippen LogP contribution in [0.25, 0.3) is 0 Å². The molecule has 0 aromatic heterocycles. The molecule has 3 heteroatoms. The Labute approximate surface area is 104 Å². The predicted octanol–water partition coefficient (Wildman–Crippen LogP) is 2.85. The number of rotatable bonds is 9. The molecule has 0 amide bonds. The summed E-state index contributed by atoms with van der Waals surface area (Å²) in [5.41, 5.74) is 0. The fourth-order valence-electron chi connectivity index (χ4n) is 1.54. The van der Waals surface area contributed by atoms with Crippen LogP contribution in [0.4, 0.5) is 0 Å². The van der Waals surface area contributed by atoms with Gasteiger partial charge in [0.25, 0.3) is 0 Å². The second-order valence-electron chi connectivity index (χ2n) is 3.82. The van der Waals surface area contributed by atoms with Crippen LogP contribution < -0.4 is 14.8 Å². The van der Waals surface area contributed by atoms with E-state index in [9.17, 15) is 0 Å². The first-order valence-corrected chi connectivity index (χ1v) is 6.43. The predicted molar refractivity (Wildman–Crippen MR) is 70.9 cm³/mol. The van der Waals surface area contributed by atoms with E-state index < -0.39 is 0 Å². The van der Waals surface area contributed by atoms with Crippen LogP contribution in [0.2, 0.25) is 0 Å². The van der Waals surface area contributed by atoms with E-state index in [1.165, 1.54) is 0 Å². The summed E-state index contributed by atoms with van der Waals surface area (Å²) in [6.45, 7) is 7.66. The van der Waals surface area contributed by atoms with Gasteiger partial charge in [0, 0.05) is 6.07 Å². The molecule has 0 aliphatic rings. The van der Waals surface area contributed by atoms with Gasteiger partial charge in [0.15, 0.2) is 0 Å². The van der Waals surface area contributed by atoms with Crippen molar-refractivity contribution in [3.8, 4) is 11.5 Å². The molecule has 0 unspecified atom stereocenters. The van der Waals surface area contributed by atoms with E-state index in [1.807, 2.05) is 31.2 Å². The minimum atomic E-state index is 0.687. The molecule has 1 rings (SSSR count). The molecule has 0 bridgehead atoms. The SMILES string of the molecule is CCNCCCCOc1cccc(OCC)c1. The van der Waals surface area contributed by atoms with Gasteiger partial charge in [-0.15, -0.1) is 0 Å². The standard InChI is InChI=1S/C14H23NO2/c1-3-15-10-5-6-11-17-14-9-7-8-13(12-14)16-4-2/h7-9,12,15H,3-6,10-11H2,1-2H3. The van der Waals surface area contributed by atoms with Gasteiger partial charge < -0.3 is 14.8 Å². The van der Waals surface area contributed by atoms with Gasteiger partial charge in [0.1, 0.15) is 11.5 Å². The van der Waals surface area contributed by atoms with Gasteiger partial charge in [-0.25, -0.2) is 0 Å². The van der Waals surface area contributed by atoms with Crippen molar-refractivity contribution < 1.29 is 9.47 Å². The lowest BCUT2D eigenvalue weighted by Gasteiger charge is -2.08. The van der Waals surface area contributed by atoms with Gasteiger partial charge in [0.05, 0.1) is 13.2 Å². The van der Waals surface area contributed by atoms with Crippen molar-refractivity contribution in [3.63, 3.8) is 0 Å². The lowest BCUT2D eigenvalue weighted by atomic mass is 10.3. The van der Waals surface area contributed by atoms with Gasteiger partial charge in [-0.2, -0.15) is 0 Å². The maximum Gasteiger partial charge on any atom is 0.122 e. The van der Waals surface area contributed by atoms with E-state index >= 15 is 0 Å². The van der Waals surface area contributed by atoms with Crippen LogP contribution in [-0.2, 0) is 0 Å². The molecule has 96 valence electrons. The van der Waals surface area contributed by atoms with Gasteiger partial charge in [-0.1, -0.05) is 13.0 Å². The lowest BCUT2D eigenvalue weighted by Crippen LogP contribution is -2.14. The van der Waals surface area contributed by atoms with E-state index in [4.69, 9.17) is 9.47 Å². The zero-order valence-corrected chi connectivity index (χ0v) is 10.9. The molecule has 3 nitrogen and oxygen atoms in total. The average Bonchev–Trinajstić information content (AvgIpc) is 2.35. The third-order valence-electron chi connectivity index (χ3n) is 2.38. The Morgan fingerprint density at radius 1 is 1.06 bits per heavy atom. The second-order valence-corrected chi connectivity index (χ2v) is 3.82. The number of ether oxygens (including phenoxy) is 2. The van der Waals surface area contributed by atoms with Crippen molar-refractivity contribution in [1.82, 2.24) is 5.32 Å². The summed E-state index contributed by atoms with van der Waals surface area (Å²) in [7, 11) is 0. The summed E-state index contributed by atoms with van der Waals surface area (Å²) in [6.07, 6.45) is 2.23. The van der Waals surface area contributed by atoms with Crippen LogP contribution in [0.1, 0.15) is 26.7 Å². The molecular formula is C14H23NO2. The Hall–Kier alpha value is -1.22. The minimum absolute atomic E-state index is 0.687. The van der Waals surface area contributed by atoms with Crippen molar-refractivity contribution in [1.29, 1.82) is 0 Å². The summed E-state index contributed by atoms with van der Waals surface area (Å²) in [5, 5.41) is 3.30. The maximum absolute atomic E-state index is 5.67. The van der Waals surface area contributed by atoms with Crippen LogP contribution in [0.15, 0.2) is 24.3 Å². The summed E-state index contributed by atoms with van der Waals surface area (Å²) >= 11 is 0. The van der Waals surface area contributed by atoms with E-state index in [-0.39, 0.29) is 0 Å². The molecule has 0 aliphatic heterocycles. The van der Waals surface area contributed by atoms with Crippen LogP contribution >= 0.6 is 0 Å². The molecule has 0 saturated carbocycles.